The Hall–Kier alpha value is -1.10. The Labute approximate surface area is 198 Å². The highest BCUT2D eigenvalue weighted by Crippen LogP contribution is 2.25. The molecular weight excluding hydrogens is 495 g/mol. The molecule has 2 aliphatic heterocycles. The lowest BCUT2D eigenvalue weighted by Gasteiger charge is -2.34. The third-order valence-corrected chi connectivity index (χ3v) is 5.65. The van der Waals surface area contributed by atoms with E-state index in [-0.39, 0.29) is 30.0 Å². The molecule has 0 saturated carbocycles. The quantitative estimate of drug-likeness (QED) is 0.316. The Kier molecular flexibility index (Phi) is 11.2. The van der Waals surface area contributed by atoms with Gasteiger partial charge in [0.2, 0.25) is 0 Å². The monoisotopic (exact) mass is 532 g/mol. The summed E-state index contributed by atoms with van der Waals surface area (Å²) in [4.78, 5) is 9.75. The lowest BCUT2D eigenvalue weighted by molar-refractivity contribution is 0.0179. The van der Waals surface area contributed by atoms with E-state index in [1.807, 2.05) is 12.1 Å². The smallest absolute Gasteiger partial charge is 0.193 e. The highest BCUT2D eigenvalue weighted by Gasteiger charge is 2.24. The molecule has 2 unspecified atom stereocenters. The normalized spacial score (nSPS) is 21.0. The van der Waals surface area contributed by atoms with Gasteiger partial charge in [-0.25, -0.2) is 0 Å². The predicted molar refractivity (Wildman–Crippen MR) is 131 cm³/mol. The fourth-order valence-electron chi connectivity index (χ4n) is 3.99. The maximum absolute atomic E-state index is 5.57. The largest absolute Gasteiger partial charge is 0.497 e. The Balaban J connectivity index is 0.00000320. The van der Waals surface area contributed by atoms with E-state index in [1.54, 1.807) is 7.11 Å². The molecule has 2 saturated heterocycles. The summed E-state index contributed by atoms with van der Waals surface area (Å²) in [6.45, 7) is 9.79. The zero-order valence-electron chi connectivity index (χ0n) is 18.5. The van der Waals surface area contributed by atoms with Crippen LogP contribution in [0, 0.1) is 5.92 Å². The average Bonchev–Trinajstić information content (AvgIpc) is 3.27. The van der Waals surface area contributed by atoms with Gasteiger partial charge in [-0.15, -0.1) is 24.0 Å². The molecule has 2 aliphatic rings. The van der Waals surface area contributed by atoms with Crippen LogP contribution < -0.4 is 10.1 Å². The van der Waals surface area contributed by atoms with E-state index in [2.05, 4.69) is 41.2 Å². The highest BCUT2D eigenvalue weighted by molar-refractivity contribution is 14.0. The molecule has 170 valence electrons. The van der Waals surface area contributed by atoms with Crippen LogP contribution in [0.5, 0.6) is 5.75 Å². The van der Waals surface area contributed by atoms with Gasteiger partial charge in [0, 0.05) is 45.8 Å². The van der Waals surface area contributed by atoms with Crippen molar-refractivity contribution in [2.45, 2.75) is 19.4 Å². The van der Waals surface area contributed by atoms with Crippen molar-refractivity contribution in [3.8, 4) is 5.75 Å². The Morgan fingerprint density at radius 1 is 1.23 bits per heavy atom. The summed E-state index contributed by atoms with van der Waals surface area (Å²) >= 11 is 0. The van der Waals surface area contributed by atoms with Crippen LogP contribution in [-0.4, -0.2) is 89.1 Å². The number of benzene rings is 1. The zero-order valence-corrected chi connectivity index (χ0v) is 20.8. The molecule has 8 heteroatoms. The lowest BCUT2D eigenvalue weighted by Crippen LogP contribution is -2.43. The van der Waals surface area contributed by atoms with Crippen LogP contribution in [0.25, 0.3) is 0 Å². The molecular formula is C22H37IN4O3. The number of hydrogen-bond donors (Lipinski definition) is 1. The number of morpholine rings is 1. The molecule has 0 aromatic heterocycles. The second kappa shape index (κ2) is 13.3. The first-order chi connectivity index (χ1) is 14.2. The second-order valence-electron chi connectivity index (χ2n) is 7.74. The van der Waals surface area contributed by atoms with Crippen molar-refractivity contribution in [2.24, 2.45) is 10.9 Å². The number of nitrogens with one attached hydrogen (secondary N) is 1. The summed E-state index contributed by atoms with van der Waals surface area (Å²) in [6.07, 6.45) is 1.13. The summed E-state index contributed by atoms with van der Waals surface area (Å²) < 4.78 is 16.4. The highest BCUT2D eigenvalue weighted by atomic mass is 127. The van der Waals surface area contributed by atoms with Crippen LogP contribution in [0.4, 0.5) is 0 Å². The fraction of sp³-hybridized carbons (Fsp3) is 0.682. The van der Waals surface area contributed by atoms with Crippen LogP contribution in [0.2, 0.25) is 0 Å². The van der Waals surface area contributed by atoms with E-state index < -0.39 is 0 Å². The molecule has 1 aromatic carbocycles. The predicted octanol–water partition coefficient (Wildman–Crippen LogP) is 2.62. The van der Waals surface area contributed by atoms with E-state index in [0.717, 1.165) is 70.7 Å². The SMILES string of the molecule is CCNC(=NCC(c1ccc(OC)cc1)N1CCOCC1)N(C)CC1CCOC1.I. The molecule has 2 atom stereocenters. The van der Waals surface area contributed by atoms with Gasteiger partial charge in [0.05, 0.1) is 39.5 Å². The van der Waals surface area contributed by atoms with Gasteiger partial charge in [-0.2, -0.15) is 0 Å². The zero-order chi connectivity index (χ0) is 20.5. The number of halogens is 1. The number of guanidine groups is 1. The summed E-state index contributed by atoms with van der Waals surface area (Å²) in [5, 5.41) is 3.46. The third kappa shape index (κ3) is 7.25. The van der Waals surface area contributed by atoms with Crippen molar-refractivity contribution in [3.63, 3.8) is 0 Å². The van der Waals surface area contributed by atoms with Gasteiger partial charge < -0.3 is 24.4 Å². The number of ether oxygens (including phenoxy) is 3. The average molecular weight is 532 g/mol. The number of methoxy groups -OCH3 is 1. The van der Waals surface area contributed by atoms with Gasteiger partial charge in [0.1, 0.15) is 5.75 Å². The summed E-state index contributed by atoms with van der Waals surface area (Å²) in [6, 6.07) is 8.59. The molecule has 0 radical (unpaired) electrons. The van der Waals surface area contributed by atoms with Gasteiger partial charge >= 0.3 is 0 Å². The van der Waals surface area contributed by atoms with Gasteiger partial charge in [-0.3, -0.25) is 9.89 Å². The minimum absolute atomic E-state index is 0. The van der Waals surface area contributed by atoms with Crippen molar-refractivity contribution in [1.29, 1.82) is 0 Å². The first-order valence-electron chi connectivity index (χ1n) is 10.7. The molecule has 2 fully saturated rings. The van der Waals surface area contributed by atoms with Gasteiger partial charge in [-0.1, -0.05) is 12.1 Å². The first-order valence-corrected chi connectivity index (χ1v) is 10.7. The van der Waals surface area contributed by atoms with E-state index in [4.69, 9.17) is 19.2 Å². The van der Waals surface area contributed by atoms with Crippen LogP contribution in [0.1, 0.15) is 24.9 Å². The van der Waals surface area contributed by atoms with Gasteiger partial charge in [-0.05, 0) is 31.0 Å². The summed E-state index contributed by atoms with van der Waals surface area (Å²) in [5.74, 6) is 2.43. The molecule has 2 heterocycles. The first kappa shape index (κ1) is 25.2. The Bertz CT molecular complexity index is 632. The number of aliphatic imine (C=N–C) groups is 1. The molecule has 1 aromatic rings. The molecule has 0 bridgehead atoms. The van der Waals surface area contributed by atoms with Crippen LogP contribution >= 0.6 is 24.0 Å². The molecule has 30 heavy (non-hydrogen) atoms. The molecule has 1 N–H and O–H groups in total. The fourth-order valence-corrected chi connectivity index (χ4v) is 3.99. The van der Waals surface area contributed by atoms with Crippen LogP contribution in [-0.2, 0) is 9.47 Å². The second-order valence-corrected chi connectivity index (χ2v) is 7.74. The Morgan fingerprint density at radius 3 is 2.57 bits per heavy atom. The van der Waals surface area contributed by atoms with E-state index >= 15 is 0 Å². The summed E-state index contributed by atoms with van der Waals surface area (Å²) in [7, 11) is 3.82. The molecule has 7 nitrogen and oxygen atoms in total. The Morgan fingerprint density at radius 2 is 1.97 bits per heavy atom. The van der Waals surface area contributed by atoms with E-state index in [0.29, 0.717) is 12.5 Å². The van der Waals surface area contributed by atoms with Crippen molar-refractivity contribution in [3.05, 3.63) is 29.8 Å². The lowest BCUT2D eigenvalue weighted by atomic mass is 10.0. The number of nitrogens with zero attached hydrogens (tertiary/aromatic N) is 3. The van der Waals surface area contributed by atoms with Crippen molar-refractivity contribution < 1.29 is 14.2 Å². The number of hydrogen-bond acceptors (Lipinski definition) is 5. The van der Waals surface area contributed by atoms with Crippen LogP contribution in [0.15, 0.2) is 29.3 Å². The van der Waals surface area contributed by atoms with Crippen molar-refractivity contribution in [2.75, 3.05) is 73.3 Å². The van der Waals surface area contributed by atoms with Gasteiger partial charge in [0.15, 0.2) is 5.96 Å². The van der Waals surface area contributed by atoms with E-state index in [9.17, 15) is 0 Å². The molecule has 0 spiro atoms. The van der Waals surface area contributed by atoms with E-state index in [1.165, 1.54) is 5.56 Å². The summed E-state index contributed by atoms with van der Waals surface area (Å²) in [5.41, 5.74) is 1.26. The minimum atomic E-state index is 0. The van der Waals surface area contributed by atoms with Crippen LogP contribution in [0.3, 0.4) is 0 Å². The topological polar surface area (TPSA) is 58.6 Å². The molecule has 3 rings (SSSR count). The van der Waals surface area contributed by atoms with Gasteiger partial charge in [0.25, 0.3) is 0 Å². The maximum atomic E-state index is 5.57. The molecule has 0 amide bonds. The third-order valence-electron chi connectivity index (χ3n) is 5.65. The standard InChI is InChI=1S/C22H36N4O3.HI/c1-4-23-22(25(2)16-18-9-12-29-17-18)24-15-21(26-10-13-28-14-11-26)19-5-7-20(27-3)8-6-19;/h5-8,18,21H,4,9-17H2,1-3H3,(H,23,24);1H. The maximum Gasteiger partial charge on any atom is 0.193 e. The van der Waals surface area contributed by atoms with Crippen molar-refractivity contribution in [1.82, 2.24) is 15.1 Å². The number of rotatable bonds is 8. The van der Waals surface area contributed by atoms with Crippen molar-refractivity contribution >= 4 is 29.9 Å². The minimum Gasteiger partial charge on any atom is -0.497 e. The molecule has 0 aliphatic carbocycles.